The van der Waals surface area contributed by atoms with E-state index in [1.54, 1.807) is 0 Å². The predicted octanol–water partition coefficient (Wildman–Crippen LogP) is 2.28. The normalized spacial score (nSPS) is 17.9. The van der Waals surface area contributed by atoms with Crippen LogP contribution in [0.5, 0.6) is 0 Å². The molecule has 1 aromatic carbocycles. The van der Waals surface area contributed by atoms with Gasteiger partial charge < -0.3 is 15.0 Å². The molecule has 5 nitrogen and oxygen atoms in total. The third kappa shape index (κ3) is 2.92. The van der Waals surface area contributed by atoms with Gasteiger partial charge in [-0.05, 0) is 25.1 Å². The van der Waals surface area contributed by atoms with Crippen LogP contribution in [-0.2, 0) is 17.7 Å². The standard InChI is InChI=1S/C17H19ClN4O/c18-14-4-2-1-3-12(14)16-20-15-11-19-6-5-13(15)17(21-16)22-7-9-23-10-8-22/h1-4,19H,5-11H2. The van der Waals surface area contributed by atoms with Crippen molar-refractivity contribution in [1.82, 2.24) is 15.3 Å². The van der Waals surface area contributed by atoms with Crippen LogP contribution < -0.4 is 10.2 Å². The first-order valence-electron chi connectivity index (χ1n) is 8.01. The van der Waals surface area contributed by atoms with Gasteiger partial charge in [-0.25, -0.2) is 9.97 Å². The predicted molar refractivity (Wildman–Crippen MR) is 90.9 cm³/mol. The SMILES string of the molecule is Clc1ccccc1-c1nc2c(c(N3CCOCC3)n1)CCNC2. The molecule has 0 radical (unpaired) electrons. The van der Waals surface area contributed by atoms with Gasteiger partial charge in [0, 0.05) is 30.8 Å². The molecule has 1 fully saturated rings. The lowest BCUT2D eigenvalue weighted by atomic mass is 10.1. The van der Waals surface area contributed by atoms with Gasteiger partial charge in [-0.3, -0.25) is 0 Å². The molecule has 4 rings (SSSR count). The summed E-state index contributed by atoms with van der Waals surface area (Å²) in [6.45, 7) is 5.00. The molecule has 23 heavy (non-hydrogen) atoms. The maximum Gasteiger partial charge on any atom is 0.163 e. The molecule has 0 aliphatic carbocycles. The first-order chi connectivity index (χ1) is 11.3. The number of morpholine rings is 1. The molecule has 0 atom stereocenters. The summed E-state index contributed by atoms with van der Waals surface area (Å²) in [7, 11) is 0. The van der Waals surface area contributed by atoms with Gasteiger partial charge in [-0.2, -0.15) is 0 Å². The van der Waals surface area contributed by atoms with Crippen LogP contribution in [0, 0.1) is 0 Å². The van der Waals surface area contributed by atoms with Crippen molar-refractivity contribution in [2.45, 2.75) is 13.0 Å². The minimum Gasteiger partial charge on any atom is -0.378 e. The number of nitrogens with one attached hydrogen (secondary N) is 1. The van der Waals surface area contributed by atoms with Crippen molar-refractivity contribution < 1.29 is 4.74 Å². The summed E-state index contributed by atoms with van der Waals surface area (Å²) < 4.78 is 5.48. The number of aromatic nitrogens is 2. The third-order valence-electron chi connectivity index (χ3n) is 4.34. The van der Waals surface area contributed by atoms with Crippen molar-refractivity contribution in [2.24, 2.45) is 0 Å². The van der Waals surface area contributed by atoms with Crippen LogP contribution in [0.4, 0.5) is 5.82 Å². The van der Waals surface area contributed by atoms with Gasteiger partial charge in [0.2, 0.25) is 0 Å². The molecule has 6 heteroatoms. The summed E-state index contributed by atoms with van der Waals surface area (Å²) in [5.41, 5.74) is 3.24. The van der Waals surface area contributed by atoms with Crippen molar-refractivity contribution in [3.63, 3.8) is 0 Å². The fourth-order valence-electron chi connectivity index (χ4n) is 3.14. The first-order valence-corrected chi connectivity index (χ1v) is 8.39. The molecule has 0 amide bonds. The third-order valence-corrected chi connectivity index (χ3v) is 4.67. The topological polar surface area (TPSA) is 50.3 Å². The van der Waals surface area contributed by atoms with Gasteiger partial charge in [-0.15, -0.1) is 0 Å². The van der Waals surface area contributed by atoms with Gasteiger partial charge in [0.05, 0.1) is 23.9 Å². The van der Waals surface area contributed by atoms with Crippen molar-refractivity contribution in [3.05, 3.63) is 40.5 Å². The van der Waals surface area contributed by atoms with Crippen LogP contribution in [0.2, 0.25) is 5.02 Å². The average Bonchev–Trinajstić information content (AvgIpc) is 2.62. The van der Waals surface area contributed by atoms with E-state index in [4.69, 9.17) is 26.3 Å². The zero-order chi connectivity index (χ0) is 15.6. The summed E-state index contributed by atoms with van der Waals surface area (Å²) in [6, 6.07) is 7.75. The van der Waals surface area contributed by atoms with Gasteiger partial charge in [0.15, 0.2) is 5.82 Å². The molecular weight excluding hydrogens is 312 g/mol. The molecule has 1 N–H and O–H groups in total. The van der Waals surface area contributed by atoms with E-state index in [1.807, 2.05) is 24.3 Å². The van der Waals surface area contributed by atoms with Crippen LogP contribution in [-0.4, -0.2) is 42.8 Å². The second-order valence-electron chi connectivity index (χ2n) is 5.80. The van der Waals surface area contributed by atoms with E-state index in [2.05, 4.69) is 10.2 Å². The summed E-state index contributed by atoms with van der Waals surface area (Å²) in [4.78, 5) is 12.0. The lowest BCUT2D eigenvalue weighted by Gasteiger charge is -2.31. The Hall–Kier alpha value is -1.69. The second kappa shape index (κ2) is 6.43. The maximum atomic E-state index is 6.35. The Morgan fingerprint density at radius 1 is 1.13 bits per heavy atom. The molecule has 1 aromatic heterocycles. The molecule has 2 aliphatic rings. The first kappa shape index (κ1) is 14.9. The molecule has 2 aromatic rings. The maximum absolute atomic E-state index is 6.35. The van der Waals surface area contributed by atoms with Gasteiger partial charge in [0.25, 0.3) is 0 Å². The Morgan fingerprint density at radius 3 is 2.78 bits per heavy atom. The number of hydrogen-bond acceptors (Lipinski definition) is 5. The lowest BCUT2D eigenvalue weighted by Crippen LogP contribution is -2.39. The number of hydrogen-bond donors (Lipinski definition) is 1. The van der Waals surface area contributed by atoms with Crippen LogP contribution in [0.25, 0.3) is 11.4 Å². The van der Waals surface area contributed by atoms with Crippen LogP contribution >= 0.6 is 11.6 Å². The van der Waals surface area contributed by atoms with Crippen LogP contribution in [0.15, 0.2) is 24.3 Å². The largest absolute Gasteiger partial charge is 0.378 e. The monoisotopic (exact) mass is 330 g/mol. The number of rotatable bonds is 2. The summed E-state index contributed by atoms with van der Waals surface area (Å²) >= 11 is 6.35. The average molecular weight is 331 g/mol. The molecule has 3 heterocycles. The van der Waals surface area contributed by atoms with Crippen LogP contribution in [0.1, 0.15) is 11.3 Å². The highest BCUT2D eigenvalue weighted by molar-refractivity contribution is 6.33. The van der Waals surface area contributed by atoms with E-state index in [1.165, 1.54) is 5.56 Å². The van der Waals surface area contributed by atoms with Crippen LogP contribution in [0.3, 0.4) is 0 Å². The fourth-order valence-corrected chi connectivity index (χ4v) is 3.36. The number of benzene rings is 1. The number of nitrogens with zero attached hydrogens (tertiary/aromatic N) is 3. The molecule has 2 aliphatic heterocycles. The van der Waals surface area contributed by atoms with E-state index in [9.17, 15) is 0 Å². The highest BCUT2D eigenvalue weighted by atomic mass is 35.5. The Morgan fingerprint density at radius 2 is 1.96 bits per heavy atom. The summed E-state index contributed by atoms with van der Waals surface area (Å²) in [5.74, 6) is 1.76. The molecular formula is C17H19ClN4O. The van der Waals surface area contributed by atoms with E-state index in [-0.39, 0.29) is 0 Å². The minimum absolute atomic E-state index is 0.684. The zero-order valence-electron chi connectivity index (χ0n) is 12.9. The smallest absolute Gasteiger partial charge is 0.163 e. The van der Waals surface area contributed by atoms with E-state index < -0.39 is 0 Å². The minimum atomic E-state index is 0.684. The summed E-state index contributed by atoms with van der Waals surface area (Å²) in [6.07, 6.45) is 0.963. The highest BCUT2D eigenvalue weighted by Crippen LogP contribution is 2.30. The van der Waals surface area contributed by atoms with Gasteiger partial charge >= 0.3 is 0 Å². The molecule has 120 valence electrons. The Kier molecular flexibility index (Phi) is 4.16. The number of anilines is 1. The molecule has 0 spiro atoms. The fraction of sp³-hybridized carbons (Fsp3) is 0.412. The molecule has 0 saturated carbocycles. The zero-order valence-corrected chi connectivity index (χ0v) is 13.6. The van der Waals surface area contributed by atoms with Crippen molar-refractivity contribution in [2.75, 3.05) is 37.7 Å². The Labute approximate surface area is 140 Å². The van der Waals surface area contributed by atoms with Crippen molar-refractivity contribution in [3.8, 4) is 11.4 Å². The van der Waals surface area contributed by atoms with E-state index >= 15 is 0 Å². The molecule has 0 unspecified atom stereocenters. The molecule has 0 bridgehead atoms. The van der Waals surface area contributed by atoms with Crippen molar-refractivity contribution in [1.29, 1.82) is 0 Å². The highest BCUT2D eigenvalue weighted by Gasteiger charge is 2.23. The van der Waals surface area contributed by atoms with E-state index in [0.717, 1.165) is 62.9 Å². The second-order valence-corrected chi connectivity index (χ2v) is 6.21. The number of halogens is 1. The quantitative estimate of drug-likeness (QED) is 0.915. The molecule has 1 saturated heterocycles. The summed E-state index contributed by atoms with van der Waals surface area (Å²) in [5, 5.41) is 4.08. The van der Waals surface area contributed by atoms with Gasteiger partial charge in [-0.1, -0.05) is 23.7 Å². The Bertz CT molecular complexity index is 716. The van der Waals surface area contributed by atoms with Crippen molar-refractivity contribution >= 4 is 17.4 Å². The van der Waals surface area contributed by atoms with E-state index in [0.29, 0.717) is 10.8 Å². The Balaban J connectivity index is 1.83. The lowest BCUT2D eigenvalue weighted by molar-refractivity contribution is 0.122. The number of fused-ring (bicyclic) bond motifs is 1. The number of ether oxygens (including phenoxy) is 1. The van der Waals surface area contributed by atoms with Gasteiger partial charge in [0.1, 0.15) is 5.82 Å².